The van der Waals surface area contributed by atoms with Crippen molar-refractivity contribution >= 4 is 47.9 Å². The number of benzene rings is 1. The van der Waals surface area contributed by atoms with E-state index in [1.165, 1.54) is 24.3 Å². The van der Waals surface area contributed by atoms with E-state index in [-0.39, 0.29) is 11.5 Å². The summed E-state index contributed by atoms with van der Waals surface area (Å²) in [4.78, 5) is 82.9. The van der Waals surface area contributed by atoms with Crippen molar-refractivity contribution < 1.29 is 67.1 Å². The summed E-state index contributed by atoms with van der Waals surface area (Å²) in [5.74, 6) is -6.77. The molecule has 4 atom stereocenters. The fourth-order valence-corrected chi connectivity index (χ4v) is 4.01. The van der Waals surface area contributed by atoms with Gasteiger partial charge in [0.15, 0.2) is 17.6 Å². The van der Waals surface area contributed by atoms with Crippen LogP contribution in [0.25, 0.3) is 6.08 Å². The van der Waals surface area contributed by atoms with E-state index in [1.54, 1.807) is 0 Å². The van der Waals surface area contributed by atoms with E-state index in [0.29, 0.717) is 5.56 Å². The number of carbonyl (C=O) groups excluding carboxylic acids is 6. The monoisotopic (exact) mass is 564 g/mol. The SMILES string of the molecule is CC(=O)Oc1ccc(/C=C\C(=O)O[C@@H]2C[C@@](OC(C)=O)(C(=O)O)C[C@@H](OC(C)=O)[C@@H]2OC(C)=O)cc1OC(C)=O. The van der Waals surface area contributed by atoms with Gasteiger partial charge >= 0.3 is 41.8 Å². The van der Waals surface area contributed by atoms with Crippen molar-refractivity contribution in [2.75, 3.05) is 0 Å². The molecule has 0 amide bonds. The maximum absolute atomic E-state index is 12.8. The Morgan fingerprint density at radius 2 is 1.30 bits per heavy atom. The molecule has 0 bridgehead atoms. The van der Waals surface area contributed by atoms with Gasteiger partial charge in [-0.25, -0.2) is 9.59 Å². The van der Waals surface area contributed by atoms with Gasteiger partial charge in [-0.15, -0.1) is 0 Å². The van der Waals surface area contributed by atoms with Crippen LogP contribution >= 0.6 is 0 Å². The fourth-order valence-electron chi connectivity index (χ4n) is 4.01. The van der Waals surface area contributed by atoms with Crippen LogP contribution in [0.5, 0.6) is 11.5 Å². The highest BCUT2D eigenvalue weighted by Gasteiger charge is 2.57. The topological polar surface area (TPSA) is 195 Å². The first-order chi connectivity index (χ1) is 18.6. The highest BCUT2D eigenvalue weighted by atomic mass is 16.6. The van der Waals surface area contributed by atoms with Gasteiger partial charge in [-0.05, 0) is 23.8 Å². The predicted octanol–water partition coefficient (Wildman–Crippen LogP) is 1.51. The second-order valence-corrected chi connectivity index (χ2v) is 8.73. The van der Waals surface area contributed by atoms with E-state index >= 15 is 0 Å². The van der Waals surface area contributed by atoms with Crippen molar-refractivity contribution in [2.24, 2.45) is 0 Å². The van der Waals surface area contributed by atoms with Crippen LogP contribution in [0.2, 0.25) is 0 Å². The van der Waals surface area contributed by atoms with Crippen LogP contribution in [0.3, 0.4) is 0 Å². The van der Waals surface area contributed by atoms with E-state index in [0.717, 1.165) is 40.7 Å². The second kappa shape index (κ2) is 13.4. The van der Waals surface area contributed by atoms with Crippen molar-refractivity contribution in [2.45, 2.75) is 71.4 Å². The lowest BCUT2D eigenvalue weighted by molar-refractivity contribution is -0.220. The van der Waals surface area contributed by atoms with Gasteiger partial charge in [0.05, 0.1) is 0 Å². The normalized spacial score (nSPS) is 22.0. The van der Waals surface area contributed by atoms with Crippen LogP contribution in [0.1, 0.15) is 53.0 Å². The van der Waals surface area contributed by atoms with Crippen molar-refractivity contribution in [1.29, 1.82) is 0 Å². The van der Waals surface area contributed by atoms with Crippen molar-refractivity contribution in [3.63, 3.8) is 0 Å². The van der Waals surface area contributed by atoms with Gasteiger partial charge in [0.2, 0.25) is 5.60 Å². The zero-order valence-electron chi connectivity index (χ0n) is 22.3. The Labute approximate surface area is 228 Å². The summed E-state index contributed by atoms with van der Waals surface area (Å²) in [6.07, 6.45) is -3.38. The maximum Gasteiger partial charge on any atom is 0.348 e. The molecular formula is C26H28O14. The van der Waals surface area contributed by atoms with Crippen molar-refractivity contribution in [3.8, 4) is 11.5 Å². The summed E-state index contributed by atoms with van der Waals surface area (Å²) in [6, 6.07) is 4.06. The van der Waals surface area contributed by atoms with Crippen LogP contribution in [0, 0.1) is 0 Å². The summed E-state index contributed by atoms with van der Waals surface area (Å²) in [5, 5.41) is 9.88. The molecule has 1 aromatic carbocycles. The molecule has 1 N–H and O–H groups in total. The molecule has 0 spiro atoms. The Hall–Kier alpha value is -4.75. The molecule has 0 radical (unpaired) electrons. The summed E-state index contributed by atoms with van der Waals surface area (Å²) < 4.78 is 30.9. The van der Waals surface area contributed by atoms with E-state index in [2.05, 4.69) is 0 Å². The number of esters is 6. The minimum Gasteiger partial charge on any atom is -0.478 e. The van der Waals surface area contributed by atoms with Crippen LogP contribution in [-0.2, 0) is 52.5 Å². The van der Waals surface area contributed by atoms with Crippen LogP contribution < -0.4 is 9.47 Å². The van der Waals surface area contributed by atoms with Crippen molar-refractivity contribution in [3.05, 3.63) is 29.8 Å². The number of carboxylic acid groups (broad SMARTS) is 1. The third kappa shape index (κ3) is 8.92. The number of carbonyl (C=O) groups is 7. The van der Waals surface area contributed by atoms with Crippen molar-refractivity contribution in [1.82, 2.24) is 0 Å². The lowest BCUT2D eigenvalue weighted by atomic mass is 9.79. The van der Waals surface area contributed by atoms with Gasteiger partial charge < -0.3 is 33.5 Å². The molecule has 1 aliphatic carbocycles. The molecule has 0 heterocycles. The van der Waals surface area contributed by atoms with Gasteiger partial charge in [0.25, 0.3) is 0 Å². The zero-order chi connectivity index (χ0) is 30.2. The Balaban J connectivity index is 2.39. The first-order valence-electron chi connectivity index (χ1n) is 11.8. The summed E-state index contributed by atoms with van der Waals surface area (Å²) in [7, 11) is 0. The molecule has 0 unspecified atom stereocenters. The number of rotatable bonds is 9. The lowest BCUT2D eigenvalue weighted by Gasteiger charge is -2.43. The van der Waals surface area contributed by atoms with E-state index in [9.17, 15) is 38.7 Å². The quantitative estimate of drug-likeness (QED) is 0.196. The molecule has 14 nitrogen and oxygen atoms in total. The Bertz CT molecular complexity index is 1230. The lowest BCUT2D eigenvalue weighted by Crippen LogP contribution is -2.60. The molecule has 0 aliphatic heterocycles. The molecule has 1 aliphatic rings. The summed E-state index contributed by atoms with van der Waals surface area (Å²) in [6.45, 7) is 5.35. The molecular weight excluding hydrogens is 536 g/mol. The summed E-state index contributed by atoms with van der Waals surface area (Å²) >= 11 is 0. The van der Waals surface area contributed by atoms with Crippen LogP contribution in [0.4, 0.5) is 0 Å². The standard InChI is InChI=1S/C26H28O14/c1-13(27)35-19-8-6-18(10-20(19)36-14(2)28)7-9-23(32)39-22-12-26(25(33)34,40-17(5)31)11-21(37-15(3)29)24(22)38-16(4)30/h6-10,21-22,24H,11-12H2,1-5H3,(H,33,34)/b9-7-/t21-,22-,24+,26-/m1/s1. The largest absolute Gasteiger partial charge is 0.478 e. The van der Waals surface area contributed by atoms with Crippen LogP contribution in [0.15, 0.2) is 24.3 Å². The highest BCUT2D eigenvalue weighted by molar-refractivity contribution is 5.88. The Kier molecular flexibility index (Phi) is 10.5. The van der Waals surface area contributed by atoms with Gasteiger partial charge in [0, 0.05) is 53.5 Å². The van der Waals surface area contributed by atoms with E-state index in [1.807, 2.05) is 0 Å². The third-order valence-corrected chi connectivity index (χ3v) is 5.30. The fraction of sp³-hybridized carbons (Fsp3) is 0.423. The number of carboxylic acids is 1. The highest BCUT2D eigenvalue weighted by Crippen LogP contribution is 2.38. The number of ether oxygens (including phenoxy) is 6. The van der Waals surface area contributed by atoms with E-state index < -0.39 is 78.5 Å². The molecule has 1 fully saturated rings. The minimum absolute atomic E-state index is 0.0409. The molecule has 1 aromatic rings. The molecule has 216 valence electrons. The first-order valence-corrected chi connectivity index (χ1v) is 11.8. The smallest absolute Gasteiger partial charge is 0.348 e. The van der Waals surface area contributed by atoms with Gasteiger partial charge in [-0.3, -0.25) is 24.0 Å². The minimum atomic E-state index is -2.26. The third-order valence-electron chi connectivity index (χ3n) is 5.30. The maximum atomic E-state index is 12.8. The number of aliphatic carboxylic acids is 1. The van der Waals surface area contributed by atoms with E-state index in [4.69, 9.17) is 28.4 Å². The second-order valence-electron chi connectivity index (χ2n) is 8.73. The molecule has 0 saturated heterocycles. The predicted molar refractivity (Wildman–Crippen MR) is 130 cm³/mol. The Morgan fingerprint density at radius 3 is 1.80 bits per heavy atom. The van der Waals surface area contributed by atoms with Gasteiger partial charge in [-0.2, -0.15) is 0 Å². The van der Waals surface area contributed by atoms with Gasteiger partial charge in [0.1, 0.15) is 12.2 Å². The van der Waals surface area contributed by atoms with Gasteiger partial charge in [-0.1, -0.05) is 6.07 Å². The summed E-state index contributed by atoms with van der Waals surface area (Å²) in [5.41, 5.74) is -1.95. The molecule has 40 heavy (non-hydrogen) atoms. The average Bonchev–Trinajstić information content (AvgIpc) is 2.79. The van der Waals surface area contributed by atoms with Crippen LogP contribution in [-0.4, -0.2) is 70.8 Å². The number of hydrogen-bond donors (Lipinski definition) is 1. The first kappa shape index (κ1) is 31.5. The molecule has 1 saturated carbocycles. The molecule has 0 aromatic heterocycles. The molecule has 14 heteroatoms. The Morgan fingerprint density at radius 1 is 0.750 bits per heavy atom. The molecule has 2 rings (SSSR count). The zero-order valence-corrected chi connectivity index (χ0v) is 22.3. The average molecular weight is 564 g/mol. The number of hydrogen-bond acceptors (Lipinski definition) is 13.